The van der Waals surface area contributed by atoms with E-state index in [1.807, 2.05) is 98.7 Å². The number of hydrogen-bond donors (Lipinski definition) is 4. The number of thiazole rings is 1. The van der Waals surface area contributed by atoms with Crippen molar-refractivity contribution in [3.05, 3.63) is 106 Å². The van der Waals surface area contributed by atoms with Gasteiger partial charge in [-0.3, -0.25) is 19.2 Å². The molecule has 3 aromatic carbocycles. The van der Waals surface area contributed by atoms with Gasteiger partial charge in [0.25, 0.3) is 5.91 Å². The summed E-state index contributed by atoms with van der Waals surface area (Å²) in [5, 5.41) is 28.8. The molecule has 17 heteroatoms. The average molecular weight is 987 g/mol. The van der Waals surface area contributed by atoms with Crippen LogP contribution in [0, 0.1) is 34.5 Å². The van der Waals surface area contributed by atoms with E-state index in [0.717, 1.165) is 58.7 Å². The monoisotopic (exact) mass is 986 g/mol. The number of nitriles is 1. The zero-order valence-electron chi connectivity index (χ0n) is 41.3. The Morgan fingerprint density at radius 2 is 1.63 bits per heavy atom. The van der Waals surface area contributed by atoms with Gasteiger partial charge >= 0.3 is 6.18 Å². The molecule has 13 nitrogen and oxygen atoms in total. The van der Waals surface area contributed by atoms with E-state index in [1.165, 1.54) is 11.0 Å². The molecule has 1 aliphatic heterocycles. The summed E-state index contributed by atoms with van der Waals surface area (Å²) in [6.07, 6.45) is -2.95. The number of rotatable bonds is 18. The number of unbranched alkanes of at least 4 members (excludes halogenated alkanes) is 2. The normalized spacial score (nSPS) is 20.4. The van der Waals surface area contributed by atoms with Crippen molar-refractivity contribution in [3.8, 4) is 22.3 Å². The Balaban J connectivity index is 0.912. The topological polar surface area (TPSA) is 183 Å². The largest absolute Gasteiger partial charge is 0.489 e. The quantitative estimate of drug-likeness (QED) is 0.0709. The number of nitrogens with zero attached hydrogens (tertiary/aromatic N) is 3. The fraction of sp³-hybridized carbons (Fsp3) is 0.509. The molecule has 2 fully saturated rings. The molecular weight excluding hydrogens is 922 g/mol. The van der Waals surface area contributed by atoms with E-state index in [2.05, 4.69) is 20.9 Å². The number of nitrogens with one attached hydrogen (secondary N) is 3. The number of aromatic nitrogens is 1. The maximum atomic E-state index is 14.1. The van der Waals surface area contributed by atoms with E-state index in [-0.39, 0.29) is 49.2 Å². The van der Waals surface area contributed by atoms with Crippen LogP contribution in [-0.4, -0.2) is 88.7 Å². The molecule has 4 N–H and O–H groups in total. The fourth-order valence-electron chi connectivity index (χ4n) is 9.99. The molecule has 70 heavy (non-hydrogen) atoms. The summed E-state index contributed by atoms with van der Waals surface area (Å²) < 4.78 is 52.6. The Morgan fingerprint density at radius 1 is 0.957 bits per heavy atom. The molecule has 4 aromatic rings. The lowest BCUT2D eigenvalue weighted by Crippen LogP contribution is -2.74. The van der Waals surface area contributed by atoms with Gasteiger partial charge in [0.15, 0.2) is 0 Å². The molecule has 0 spiro atoms. The van der Waals surface area contributed by atoms with Crippen LogP contribution in [0.5, 0.6) is 5.75 Å². The third-order valence-corrected chi connectivity index (χ3v) is 14.5. The van der Waals surface area contributed by atoms with Crippen molar-refractivity contribution in [2.24, 2.45) is 16.2 Å². The zero-order chi connectivity index (χ0) is 51.3. The van der Waals surface area contributed by atoms with E-state index in [0.29, 0.717) is 18.6 Å². The number of aliphatic hydroxyl groups is 1. The summed E-state index contributed by atoms with van der Waals surface area (Å²) in [5.41, 5.74) is 2.67. The van der Waals surface area contributed by atoms with E-state index in [4.69, 9.17) is 14.7 Å². The van der Waals surface area contributed by atoms with Gasteiger partial charge in [-0.15, -0.1) is 11.3 Å². The Labute approximate surface area is 412 Å². The Hall–Kier alpha value is -5.83. The number of β-amino-alcohol motifs (C(OH)–C–C–N with tert-alkyl or cyclic N) is 1. The molecule has 4 amide bonds. The van der Waals surface area contributed by atoms with E-state index >= 15 is 0 Å². The maximum Gasteiger partial charge on any atom is 0.417 e. The van der Waals surface area contributed by atoms with Gasteiger partial charge in [-0.2, -0.15) is 18.4 Å². The number of aryl methyl sites for hydroxylation is 2. The SMILES string of the molecule is Cc1ncsc1-c1ccc([C@H](C)NC(=O)[C@@H]2C[C@@H](O)CN2C(=O)[C@@H](NC(=O)COCCCCCc2ccc(C(=O)NC3C(C)(C)C(Oc4ccc(C#N)c(C(F)(F)F)c4)C3(C)C)cc2)C(C)(C)C)cc1. The van der Waals surface area contributed by atoms with Crippen molar-refractivity contribution >= 4 is 35.0 Å². The van der Waals surface area contributed by atoms with Crippen molar-refractivity contribution in [2.75, 3.05) is 19.8 Å². The van der Waals surface area contributed by atoms with Crippen molar-refractivity contribution in [1.29, 1.82) is 5.26 Å². The predicted octanol–water partition coefficient (Wildman–Crippen LogP) is 8.72. The molecule has 0 bridgehead atoms. The van der Waals surface area contributed by atoms with Crippen molar-refractivity contribution < 1.29 is 46.9 Å². The van der Waals surface area contributed by atoms with Crippen LogP contribution in [0.2, 0.25) is 0 Å². The number of benzene rings is 3. The molecule has 0 unspecified atom stereocenters. The van der Waals surface area contributed by atoms with Crippen LogP contribution in [0.1, 0.15) is 125 Å². The molecule has 4 atom stereocenters. The third kappa shape index (κ3) is 12.4. The molecule has 6 rings (SSSR count). The fourth-order valence-corrected chi connectivity index (χ4v) is 10.8. The number of amides is 4. The van der Waals surface area contributed by atoms with Crippen LogP contribution in [-0.2, 0) is 31.7 Å². The number of halogens is 3. The summed E-state index contributed by atoms with van der Waals surface area (Å²) in [7, 11) is 0. The first kappa shape index (κ1) is 53.5. The molecule has 1 saturated carbocycles. The molecule has 0 radical (unpaired) electrons. The molecule has 2 heterocycles. The zero-order valence-corrected chi connectivity index (χ0v) is 42.1. The second kappa shape index (κ2) is 21.7. The van der Waals surface area contributed by atoms with E-state index < -0.39 is 69.7 Å². The first-order chi connectivity index (χ1) is 32.8. The van der Waals surface area contributed by atoms with Gasteiger partial charge < -0.3 is 35.4 Å². The number of carbonyl (C=O) groups excluding carboxylic acids is 4. The average Bonchev–Trinajstić information content (AvgIpc) is 3.92. The van der Waals surface area contributed by atoms with Gasteiger partial charge in [0.2, 0.25) is 17.7 Å². The number of alkyl halides is 3. The number of aliphatic hydroxyl groups excluding tert-OH is 1. The highest BCUT2D eigenvalue weighted by Crippen LogP contribution is 2.56. The highest BCUT2D eigenvalue weighted by molar-refractivity contribution is 7.13. The van der Waals surface area contributed by atoms with Gasteiger partial charge in [0.05, 0.1) is 45.4 Å². The first-order valence-corrected chi connectivity index (χ1v) is 24.5. The number of ether oxygens (including phenoxy) is 2. The molecular formula is C53H65F3N6O7S. The standard InChI is InChI=1S/C53H65F3N6O7S/c1-31(34-18-20-35(21-19-34)43-32(2)58-30-70-43)59-46(66)41-25-38(63)28-62(41)47(67)44(50(3,4)5)60-42(64)29-68-24-12-10-11-13-33-14-16-36(17-15-33)45(65)61-48-51(6,7)49(52(48,8)9)69-39-23-22-37(27-57)40(26-39)53(54,55)56/h14-23,26,30-31,38,41,44,48-49,63H,10-13,24-25,28-29H2,1-9H3,(H,59,66)(H,60,64)(H,61,65)/t31-,38+,41-,44+,48?,49?/m0/s1. The van der Waals surface area contributed by atoms with Crippen LogP contribution in [0.3, 0.4) is 0 Å². The Kier molecular flexibility index (Phi) is 16.6. The van der Waals surface area contributed by atoms with Crippen LogP contribution in [0.4, 0.5) is 13.2 Å². The predicted molar refractivity (Wildman–Crippen MR) is 261 cm³/mol. The first-order valence-electron chi connectivity index (χ1n) is 23.7. The van der Waals surface area contributed by atoms with Gasteiger partial charge in [-0.05, 0) is 85.5 Å². The Morgan fingerprint density at radius 3 is 2.23 bits per heavy atom. The highest BCUT2D eigenvalue weighted by atomic mass is 32.1. The van der Waals surface area contributed by atoms with Crippen LogP contribution in [0.25, 0.3) is 10.4 Å². The minimum absolute atomic E-state index is 0.000386. The summed E-state index contributed by atoms with van der Waals surface area (Å²) in [4.78, 5) is 61.0. The highest BCUT2D eigenvalue weighted by Gasteiger charge is 2.64. The smallest absolute Gasteiger partial charge is 0.417 e. The Bertz CT molecular complexity index is 2530. The number of hydrogen-bond acceptors (Lipinski definition) is 10. The lowest BCUT2D eigenvalue weighted by atomic mass is 9.49. The molecule has 1 saturated heterocycles. The van der Waals surface area contributed by atoms with Crippen LogP contribution < -0.4 is 20.7 Å². The van der Waals surface area contributed by atoms with Crippen LogP contribution >= 0.6 is 11.3 Å². The summed E-state index contributed by atoms with van der Waals surface area (Å²) in [6.45, 7) is 16.9. The van der Waals surface area contributed by atoms with Crippen molar-refractivity contribution in [3.63, 3.8) is 0 Å². The second-order valence-corrected chi connectivity index (χ2v) is 21.7. The van der Waals surface area contributed by atoms with Gasteiger partial charge in [0.1, 0.15) is 30.5 Å². The molecule has 1 aromatic heterocycles. The molecule has 2 aliphatic rings. The minimum atomic E-state index is -4.71. The summed E-state index contributed by atoms with van der Waals surface area (Å²) in [6, 6.07) is 17.5. The molecule has 1 aliphatic carbocycles. The summed E-state index contributed by atoms with van der Waals surface area (Å²) in [5.74, 6) is -1.58. The molecule has 376 valence electrons. The lowest BCUT2D eigenvalue weighted by Gasteiger charge is -2.63. The van der Waals surface area contributed by atoms with Gasteiger partial charge in [-0.25, -0.2) is 4.98 Å². The van der Waals surface area contributed by atoms with Crippen LogP contribution in [0.15, 0.2) is 72.2 Å². The van der Waals surface area contributed by atoms with Crippen molar-refractivity contribution in [1.82, 2.24) is 25.8 Å². The lowest BCUT2D eigenvalue weighted by molar-refractivity contribution is -0.164. The summed E-state index contributed by atoms with van der Waals surface area (Å²) >= 11 is 1.56. The van der Waals surface area contributed by atoms with Crippen molar-refractivity contribution in [2.45, 2.75) is 137 Å². The third-order valence-electron chi connectivity index (χ3n) is 13.5. The maximum absolute atomic E-state index is 14.1. The van der Waals surface area contributed by atoms with Gasteiger partial charge in [0, 0.05) is 42.0 Å². The van der Waals surface area contributed by atoms with Gasteiger partial charge in [-0.1, -0.05) is 91.3 Å². The number of carbonyl (C=O) groups is 4. The second-order valence-electron chi connectivity index (χ2n) is 20.8. The van der Waals surface area contributed by atoms with E-state index in [1.54, 1.807) is 35.0 Å². The van der Waals surface area contributed by atoms with E-state index in [9.17, 15) is 37.5 Å². The minimum Gasteiger partial charge on any atom is -0.489 e. The number of likely N-dealkylation sites (tertiary alicyclic amines) is 1.